The molecule has 0 bridgehead atoms. The van der Waals surface area contributed by atoms with Crippen molar-refractivity contribution >= 4 is 5.82 Å². The maximum absolute atomic E-state index is 9.45. The number of anilines is 1. The summed E-state index contributed by atoms with van der Waals surface area (Å²) in [5.41, 5.74) is 1.06. The molecule has 1 aromatic rings. The summed E-state index contributed by atoms with van der Waals surface area (Å²) in [7, 11) is 0. The fraction of sp³-hybridized carbons (Fsp3) is 0.692. The van der Waals surface area contributed by atoms with Crippen LogP contribution in [-0.4, -0.2) is 34.5 Å². The van der Waals surface area contributed by atoms with Gasteiger partial charge >= 0.3 is 0 Å². The van der Waals surface area contributed by atoms with Crippen LogP contribution in [0.3, 0.4) is 0 Å². The number of hydrogen-bond donors (Lipinski definition) is 1. The van der Waals surface area contributed by atoms with Gasteiger partial charge in [-0.3, -0.25) is 0 Å². The van der Waals surface area contributed by atoms with Gasteiger partial charge in [-0.1, -0.05) is 13.8 Å². The van der Waals surface area contributed by atoms with E-state index in [1.165, 1.54) is 0 Å². The van der Waals surface area contributed by atoms with E-state index in [2.05, 4.69) is 35.0 Å². The first kappa shape index (κ1) is 12.3. The van der Waals surface area contributed by atoms with Crippen molar-refractivity contribution in [2.24, 2.45) is 5.92 Å². The van der Waals surface area contributed by atoms with Crippen LogP contribution in [0.5, 0.6) is 0 Å². The molecule has 0 spiro atoms. The molecule has 17 heavy (non-hydrogen) atoms. The second kappa shape index (κ2) is 5.45. The minimum Gasteiger partial charge on any atom is -0.393 e. The lowest BCUT2D eigenvalue weighted by atomic mass is 10.1. The van der Waals surface area contributed by atoms with Gasteiger partial charge in [0, 0.05) is 13.1 Å². The molecule has 1 N–H and O–H groups in total. The summed E-state index contributed by atoms with van der Waals surface area (Å²) in [6.07, 6.45) is 2.50. The predicted octanol–water partition coefficient (Wildman–Crippen LogP) is 1.64. The fourth-order valence-electron chi connectivity index (χ4n) is 2.14. The molecule has 0 saturated carbocycles. The standard InChI is InChI=1S/C13H21N3O/c1-10(2)9-11-3-4-13(15-14-11)16-7-5-12(17)6-8-16/h3-4,10,12,17H,5-9H2,1-2H3. The van der Waals surface area contributed by atoms with Crippen LogP contribution in [0.1, 0.15) is 32.4 Å². The zero-order valence-electron chi connectivity index (χ0n) is 10.6. The van der Waals surface area contributed by atoms with Crippen LogP contribution in [0.4, 0.5) is 5.82 Å². The minimum absolute atomic E-state index is 0.139. The van der Waals surface area contributed by atoms with Gasteiger partial charge in [-0.05, 0) is 37.3 Å². The zero-order chi connectivity index (χ0) is 12.3. The van der Waals surface area contributed by atoms with Crippen LogP contribution in [0.2, 0.25) is 0 Å². The van der Waals surface area contributed by atoms with Gasteiger partial charge in [0.1, 0.15) is 0 Å². The Morgan fingerprint density at radius 2 is 2.00 bits per heavy atom. The van der Waals surface area contributed by atoms with E-state index in [1.807, 2.05) is 6.07 Å². The van der Waals surface area contributed by atoms with Crippen LogP contribution in [0, 0.1) is 5.92 Å². The summed E-state index contributed by atoms with van der Waals surface area (Å²) in [6.45, 7) is 6.11. The summed E-state index contributed by atoms with van der Waals surface area (Å²) >= 11 is 0. The maximum atomic E-state index is 9.45. The van der Waals surface area contributed by atoms with Gasteiger partial charge in [0.2, 0.25) is 0 Å². The van der Waals surface area contributed by atoms with Gasteiger partial charge in [-0.25, -0.2) is 0 Å². The van der Waals surface area contributed by atoms with E-state index in [0.29, 0.717) is 5.92 Å². The van der Waals surface area contributed by atoms with Crippen molar-refractivity contribution in [2.45, 2.75) is 39.2 Å². The summed E-state index contributed by atoms with van der Waals surface area (Å²) in [5.74, 6) is 1.55. The number of hydrogen-bond acceptors (Lipinski definition) is 4. The molecule has 1 aliphatic rings. The third-order valence-electron chi connectivity index (χ3n) is 3.11. The molecule has 4 heteroatoms. The Kier molecular flexibility index (Phi) is 3.94. The summed E-state index contributed by atoms with van der Waals surface area (Å²) in [6, 6.07) is 4.11. The van der Waals surface area contributed by atoms with Crippen molar-refractivity contribution in [2.75, 3.05) is 18.0 Å². The summed E-state index contributed by atoms with van der Waals surface area (Å²) < 4.78 is 0. The van der Waals surface area contributed by atoms with Crippen molar-refractivity contribution in [3.8, 4) is 0 Å². The summed E-state index contributed by atoms with van der Waals surface area (Å²) in [5, 5.41) is 18.0. The Morgan fingerprint density at radius 1 is 1.29 bits per heavy atom. The number of piperidine rings is 1. The van der Waals surface area contributed by atoms with E-state index in [0.717, 1.165) is 43.9 Å². The average molecular weight is 235 g/mol. The van der Waals surface area contributed by atoms with Gasteiger partial charge in [-0.2, -0.15) is 5.10 Å². The van der Waals surface area contributed by atoms with Crippen molar-refractivity contribution in [3.63, 3.8) is 0 Å². The van der Waals surface area contributed by atoms with Crippen molar-refractivity contribution in [1.29, 1.82) is 0 Å². The zero-order valence-corrected chi connectivity index (χ0v) is 10.6. The largest absolute Gasteiger partial charge is 0.393 e. The Balaban J connectivity index is 1.97. The van der Waals surface area contributed by atoms with E-state index >= 15 is 0 Å². The first-order chi connectivity index (χ1) is 8.15. The molecule has 1 aromatic heterocycles. The molecule has 1 saturated heterocycles. The number of rotatable bonds is 3. The average Bonchev–Trinajstić information content (AvgIpc) is 2.30. The highest BCUT2D eigenvalue weighted by Crippen LogP contribution is 2.17. The maximum Gasteiger partial charge on any atom is 0.151 e. The Morgan fingerprint density at radius 3 is 2.53 bits per heavy atom. The van der Waals surface area contributed by atoms with Crippen molar-refractivity contribution in [3.05, 3.63) is 17.8 Å². The van der Waals surface area contributed by atoms with Gasteiger partial charge in [0.05, 0.1) is 11.8 Å². The van der Waals surface area contributed by atoms with E-state index in [-0.39, 0.29) is 6.10 Å². The second-order valence-electron chi connectivity index (χ2n) is 5.20. The molecule has 0 aromatic carbocycles. The van der Waals surface area contributed by atoms with Gasteiger partial charge in [-0.15, -0.1) is 5.10 Å². The van der Waals surface area contributed by atoms with E-state index in [1.54, 1.807) is 0 Å². The highest BCUT2D eigenvalue weighted by Gasteiger charge is 2.18. The predicted molar refractivity (Wildman–Crippen MR) is 68.0 cm³/mol. The normalized spacial score (nSPS) is 17.8. The van der Waals surface area contributed by atoms with Crippen LogP contribution in [-0.2, 0) is 6.42 Å². The molecule has 4 nitrogen and oxygen atoms in total. The molecule has 0 aliphatic carbocycles. The van der Waals surface area contributed by atoms with Crippen LogP contribution < -0.4 is 4.90 Å². The molecule has 2 rings (SSSR count). The molecule has 0 unspecified atom stereocenters. The molecule has 1 aliphatic heterocycles. The number of aliphatic hydroxyl groups is 1. The quantitative estimate of drug-likeness (QED) is 0.865. The monoisotopic (exact) mass is 235 g/mol. The Hall–Kier alpha value is -1.16. The van der Waals surface area contributed by atoms with Gasteiger partial charge in [0.25, 0.3) is 0 Å². The van der Waals surface area contributed by atoms with Crippen LogP contribution in [0.25, 0.3) is 0 Å². The van der Waals surface area contributed by atoms with Crippen LogP contribution >= 0.6 is 0 Å². The van der Waals surface area contributed by atoms with E-state index < -0.39 is 0 Å². The minimum atomic E-state index is -0.139. The fourth-order valence-corrected chi connectivity index (χ4v) is 2.14. The third kappa shape index (κ3) is 3.40. The molecular weight excluding hydrogens is 214 g/mol. The topological polar surface area (TPSA) is 49.2 Å². The summed E-state index contributed by atoms with van der Waals surface area (Å²) in [4.78, 5) is 2.19. The molecule has 94 valence electrons. The van der Waals surface area contributed by atoms with Crippen molar-refractivity contribution in [1.82, 2.24) is 10.2 Å². The molecule has 0 amide bonds. The Bertz CT molecular complexity index is 342. The van der Waals surface area contributed by atoms with Crippen molar-refractivity contribution < 1.29 is 5.11 Å². The molecular formula is C13H21N3O. The van der Waals surface area contributed by atoms with E-state index in [4.69, 9.17) is 0 Å². The molecule has 0 atom stereocenters. The van der Waals surface area contributed by atoms with E-state index in [9.17, 15) is 5.11 Å². The highest BCUT2D eigenvalue weighted by molar-refractivity contribution is 5.37. The molecule has 1 fully saturated rings. The third-order valence-corrected chi connectivity index (χ3v) is 3.11. The first-order valence-corrected chi connectivity index (χ1v) is 6.41. The molecule has 2 heterocycles. The number of aliphatic hydroxyl groups excluding tert-OH is 1. The second-order valence-corrected chi connectivity index (χ2v) is 5.20. The highest BCUT2D eigenvalue weighted by atomic mass is 16.3. The number of aromatic nitrogens is 2. The van der Waals surface area contributed by atoms with Crippen LogP contribution in [0.15, 0.2) is 12.1 Å². The number of nitrogens with zero attached hydrogens (tertiary/aromatic N) is 3. The Labute approximate surface area is 103 Å². The lowest BCUT2D eigenvalue weighted by Crippen LogP contribution is -2.36. The molecule has 0 radical (unpaired) electrons. The van der Waals surface area contributed by atoms with Gasteiger partial charge < -0.3 is 10.0 Å². The SMILES string of the molecule is CC(C)Cc1ccc(N2CCC(O)CC2)nn1. The smallest absolute Gasteiger partial charge is 0.151 e. The van der Waals surface area contributed by atoms with Gasteiger partial charge in [0.15, 0.2) is 5.82 Å². The first-order valence-electron chi connectivity index (χ1n) is 6.41. The lowest BCUT2D eigenvalue weighted by Gasteiger charge is -2.30. The lowest BCUT2D eigenvalue weighted by molar-refractivity contribution is 0.145.